The van der Waals surface area contributed by atoms with E-state index in [1.54, 1.807) is 31.2 Å². The highest BCUT2D eigenvalue weighted by Crippen LogP contribution is 2.34. The number of carbonyl (C=O) groups excluding carboxylic acids is 2. The number of rotatable bonds is 9. The number of halogens is 1. The van der Waals surface area contributed by atoms with E-state index in [2.05, 4.69) is 14.9 Å². The van der Waals surface area contributed by atoms with E-state index in [4.69, 9.17) is 11.6 Å². The zero-order valence-electron chi connectivity index (χ0n) is 23.1. The molecule has 2 amide bonds. The van der Waals surface area contributed by atoms with Gasteiger partial charge in [0.2, 0.25) is 11.8 Å². The van der Waals surface area contributed by atoms with E-state index in [0.29, 0.717) is 31.0 Å². The standard InChI is InChI=1S/C28H38ClN5O4S2/c1-27(31-40(37,38)25-12-11-23(39-25)21-7-9-22(29)10-8-21)13-5-17-33(26(27)36)19-24(35)34-18-6-14-28(34,30-2)20-32-15-3-4-16-32/h7-12,30-31H,3-6,13-20H2,1-2H3/t27-,28-/m0/s1. The highest BCUT2D eigenvalue weighted by Gasteiger charge is 2.47. The van der Waals surface area contributed by atoms with Crippen molar-refractivity contribution in [2.45, 2.75) is 60.9 Å². The molecule has 0 spiro atoms. The monoisotopic (exact) mass is 607 g/mol. The summed E-state index contributed by atoms with van der Waals surface area (Å²) >= 11 is 7.12. The lowest BCUT2D eigenvalue weighted by Crippen LogP contribution is -2.65. The van der Waals surface area contributed by atoms with Crippen molar-refractivity contribution in [2.75, 3.05) is 46.3 Å². The molecule has 1 aromatic heterocycles. The first-order valence-electron chi connectivity index (χ1n) is 14.0. The molecule has 0 unspecified atom stereocenters. The smallest absolute Gasteiger partial charge is 0.251 e. The molecule has 218 valence electrons. The number of benzene rings is 1. The van der Waals surface area contributed by atoms with E-state index < -0.39 is 21.2 Å². The summed E-state index contributed by atoms with van der Waals surface area (Å²) in [7, 11) is -2.06. The molecule has 2 N–H and O–H groups in total. The number of sulfonamides is 1. The van der Waals surface area contributed by atoms with Gasteiger partial charge >= 0.3 is 0 Å². The zero-order valence-corrected chi connectivity index (χ0v) is 25.5. The Morgan fingerprint density at radius 2 is 1.70 bits per heavy atom. The Morgan fingerprint density at radius 1 is 1.00 bits per heavy atom. The highest BCUT2D eigenvalue weighted by atomic mass is 35.5. The normalized spacial score (nSPS) is 26.1. The molecule has 2 atom stereocenters. The Kier molecular flexibility index (Phi) is 8.62. The molecule has 3 aliphatic heterocycles. The van der Waals surface area contributed by atoms with E-state index in [1.807, 2.05) is 24.1 Å². The Bertz CT molecular complexity index is 1340. The van der Waals surface area contributed by atoms with Crippen LogP contribution in [0.5, 0.6) is 0 Å². The number of hydrogen-bond donors (Lipinski definition) is 2. The van der Waals surface area contributed by atoms with Gasteiger partial charge in [0.15, 0.2) is 0 Å². The number of hydrogen-bond acceptors (Lipinski definition) is 7. The van der Waals surface area contributed by atoms with Crippen LogP contribution in [0.15, 0.2) is 40.6 Å². The van der Waals surface area contributed by atoms with Crippen LogP contribution in [0, 0.1) is 0 Å². The highest BCUT2D eigenvalue weighted by molar-refractivity contribution is 7.91. The maximum Gasteiger partial charge on any atom is 0.251 e. The fraction of sp³-hybridized carbons (Fsp3) is 0.571. The number of likely N-dealkylation sites (N-methyl/N-ethyl adjacent to an activating group) is 1. The van der Waals surface area contributed by atoms with Crippen molar-refractivity contribution < 1.29 is 18.0 Å². The second-order valence-corrected chi connectivity index (χ2v) is 14.7. The van der Waals surface area contributed by atoms with Gasteiger partial charge in [0.25, 0.3) is 10.0 Å². The zero-order chi connectivity index (χ0) is 28.5. The van der Waals surface area contributed by atoms with Crippen LogP contribution in [0.4, 0.5) is 0 Å². The first-order chi connectivity index (χ1) is 19.1. The summed E-state index contributed by atoms with van der Waals surface area (Å²) in [6, 6.07) is 10.5. The average molecular weight is 608 g/mol. The van der Waals surface area contributed by atoms with Crippen LogP contribution in [0.25, 0.3) is 10.4 Å². The Morgan fingerprint density at radius 3 is 2.40 bits per heavy atom. The first kappa shape index (κ1) is 29.5. The van der Waals surface area contributed by atoms with Gasteiger partial charge < -0.3 is 9.80 Å². The topological polar surface area (TPSA) is 102 Å². The molecule has 5 rings (SSSR count). The molecular formula is C28H38ClN5O4S2. The van der Waals surface area contributed by atoms with Crippen molar-refractivity contribution in [1.29, 1.82) is 0 Å². The van der Waals surface area contributed by atoms with Gasteiger partial charge in [0.05, 0.1) is 6.54 Å². The molecule has 0 bridgehead atoms. The number of likely N-dealkylation sites (tertiary alicyclic amines) is 3. The summed E-state index contributed by atoms with van der Waals surface area (Å²) in [6.07, 6.45) is 5.10. The van der Waals surface area contributed by atoms with E-state index in [1.165, 1.54) is 17.7 Å². The van der Waals surface area contributed by atoms with Gasteiger partial charge in [-0.15, -0.1) is 11.3 Å². The van der Waals surface area contributed by atoms with Gasteiger partial charge in [0.1, 0.15) is 15.4 Å². The molecule has 40 heavy (non-hydrogen) atoms. The average Bonchev–Trinajstić information content (AvgIpc) is 3.69. The van der Waals surface area contributed by atoms with Gasteiger partial charge in [-0.2, -0.15) is 4.72 Å². The van der Waals surface area contributed by atoms with Crippen LogP contribution < -0.4 is 10.0 Å². The minimum Gasteiger partial charge on any atom is -0.332 e. The summed E-state index contributed by atoms with van der Waals surface area (Å²) in [4.78, 5) is 33.9. The molecule has 3 fully saturated rings. The quantitative estimate of drug-likeness (QED) is 0.453. The fourth-order valence-corrected chi connectivity index (χ4v) is 9.14. The fourth-order valence-electron chi connectivity index (χ4n) is 6.31. The molecule has 12 heteroatoms. The number of nitrogens with zero attached hydrogens (tertiary/aromatic N) is 3. The van der Waals surface area contributed by atoms with E-state index in [0.717, 1.165) is 54.3 Å². The molecule has 0 saturated carbocycles. The van der Waals surface area contributed by atoms with Crippen LogP contribution in [-0.2, 0) is 19.6 Å². The predicted octanol–water partition coefficient (Wildman–Crippen LogP) is 3.36. The van der Waals surface area contributed by atoms with Crippen molar-refractivity contribution in [2.24, 2.45) is 0 Å². The van der Waals surface area contributed by atoms with E-state index >= 15 is 0 Å². The minimum atomic E-state index is -3.97. The summed E-state index contributed by atoms with van der Waals surface area (Å²) < 4.78 is 29.6. The lowest BCUT2D eigenvalue weighted by molar-refractivity contribution is -0.148. The van der Waals surface area contributed by atoms with Crippen molar-refractivity contribution in [1.82, 2.24) is 24.7 Å². The maximum atomic E-state index is 13.7. The van der Waals surface area contributed by atoms with Crippen LogP contribution >= 0.6 is 22.9 Å². The summed E-state index contributed by atoms with van der Waals surface area (Å²) in [5.41, 5.74) is -0.904. The third-order valence-electron chi connectivity index (χ3n) is 8.46. The van der Waals surface area contributed by atoms with Crippen LogP contribution in [0.1, 0.15) is 45.4 Å². The molecular weight excluding hydrogens is 570 g/mol. The number of amides is 2. The summed E-state index contributed by atoms with van der Waals surface area (Å²) in [6.45, 7) is 5.50. The second-order valence-electron chi connectivity index (χ2n) is 11.3. The SMILES string of the molecule is CN[C@@]1(CN2CCCC2)CCCN1C(=O)CN1CCC[C@](C)(NS(=O)(=O)c2ccc(-c3ccc(Cl)cc3)s2)C1=O. The maximum absolute atomic E-state index is 13.7. The van der Waals surface area contributed by atoms with Crippen molar-refractivity contribution in [3.8, 4) is 10.4 Å². The largest absolute Gasteiger partial charge is 0.332 e. The molecule has 9 nitrogen and oxygen atoms in total. The Hall–Kier alpha value is -2.02. The number of thiophene rings is 1. The third-order valence-corrected chi connectivity index (χ3v) is 11.9. The van der Waals surface area contributed by atoms with E-state index in [-0.39, 0.29) is 22.6 Å². The predicted molar refractivity (Wildman–Crippen MR) is 158 cm³/mol. The molecule has 4 heterocycles. The van der Waals surface area contributed by atoms with Gasteiger partial charge in [-0.05, 0) is 95.4 Å². The lowest BCUT2D eigenvalue weighted by atomic mass is 9.91. The minimum absolute atomic E-state index is 0.0563. The van der Waals surface area contributed by atoms with Crippen molar-refractivity contribution >= 4 is 44.8 Å². The van der Waals surface area contributed by atoms with Crippen molar-refractivity contribution in [3.63, 3.8) is 0 Å². The molecule has 0 aliphatic carbocycles. The van der Waals surface area contributed by atoms with Gasteiger partial charge in [-0.3, -0.25) is 19.8 Å². The van der Waals surface area contributed by atoms with Crippen LogP contribution in [0.3, 0.4) is 0 Å². The molecule has 0 radical (unpaired) electrons. The number of piperidine rings is 1. The van der Waals surface area contributed by atoms with Gasteiger partial charge in [0, 0.05) is 29.5 Å². The third kappa shape index (κ3) is 5.96. The van der Waals surface area contributed by atoms with Crippen LogP contribution in [-0.4, -0.2) is 92.4 Å². The Labute approximate surface area is 245 Å². The molecule has 3 saturated heterocycles. The lowest BCUT2D eigenvalue weighted by Gasteiger charge is -2.43. The Balaban J connectivity index is 1.27. The summed E-state index contributed by atoms with van der Waals surface area (Å²) in [5, 5.41) is 4.03. The molecule has 1 aromatic carbocycles. The summed E-state index contributed by atoms with van der Waals surface area (Å²) in [5.74, 6) is -0.462. The van der Waals surface area contributed by atoms with Crippen molar-refractivity contribution in [3.05, 3.63) is 41.4 Å². The first-order valence-corrected chi connectivity index (χ1v) is 16.6. The number of nitrogens with one attached hydrogen (secondary N) is 2. The van der Waals surface area contributed by atoms with Gasteiger partial charge in [-0.25, -0.2) is 8.42 Å². The molecule has 2 aromatic rings. The van der Waals surface area contributed by atoms with Gasteiger partial charge in [-0.1, -0.05) is 23.7 Å². The number of carbonyl (C=O) groups is 2. The van der Waals surface area contributed by atoms with E-state index in [9.17, 15) is 18.0 Å². The second kappa shape index (κ2) is 11.7. The van der Waals surface area contributed by atoms with Crippen LogP contribution in [0.2, 0.25) is 5.02 Å². The molecule has 3 aliphatic rings.